The molecule has 14 heteroatoms. The molecule has 3 aromatic rings. The molecule has 0 spiro atoms. The molecule has 1 aromatic carbocycles. The molecule has 2 heterocycles. The highest BCUT2D eigenvalue weighted by atomic mass is 16.6. The van der Waals surface area contributed by atoms with Crippen LogP contribution in [-0.4, -0.2) is 65.9 Å². The van der Waals surface area contributed by atoms with E-state index >= 15 is 0 Å². The highest BCUT2D eigenvalue weighted by Crippen LogP contribution is 2.37. The zero-order valence-corrected chi connectivity index (χ0v) is 17.1. The molecule has 0 saturated carbocycles. The minimum Gasteiger partial charge on any atom is -0.493 e. The van der Waals surface area contributed by atoms with Gasteiger partial charge in [-0.1, -0.05) is 5.21 Å². The first-order chi connectivity index (χ1) is 15.0. The van der Waals surface area contributed by atoms with Crippen LogP contribution in [0.3, 0.4) is 0 Å². The Morgan fingerprint density at radius 3 is 2.45 bits per heavy atom. The molecular weight excluding hydrogens is 412 g/mol. The molecule has 1 amide bonds. The Labute approximate surface area is 175 Å². The predicted molar refractivity (Wildman–Crippen MR) is 105 cm³/mol. The number of hydrazone groups is 1. The third-order valence-corrected chi connectivity index (χ3v) is 4.02. The van der Waals surface area contributed by atoms with E-state index in [4.69, 9.17) is 24.7 Å². The standard InChI is InChI=1S/C17H20N8O6/c1-27-8-10-13(20-24-25(10)16-15(18)22-31-23-16)17(26)21-19-7-9-5-11(28-2)14(30-4)12(6-9)29-3/h5-7H,8H2,1-4H3,(H2,18,22)(H,21,26). The SMILES string of the molecule is COCc1c(C(=O)NN=Cc2cc(OC)c(OC)c(OC)c2)nnn1-c1nonc1N. The summed E-state index contributed by atoms with van der Waals surface area (Å²) >= 11 is 0. The Kier molecular flexibility index (Phi) is 6.61. The van der Waals surface area contributed by atoms with E-state index in [9.17, 15) is 4.79 Å². The summed E-state index contributed by atoms with van der Waals surface area (Å²) in [6.45, 7) is -0.00134. The van der Waals surface area contributed by atoms with Gasteiger partial charge in [0, 0.05) is 12.7 Å². The lowest BCUT2D eigenvalue weighted by molar-refractivity contribution is 0.0944. The van der Waals surface area contributed by atoms with Crippen LogP contribution in [0.5, 0.6) is 17.2 Å². The molecule has 31 heavy (non-hydrogen) atoms. The Bertz CT molecular complexity index is 1070. The zero-order valence-electron chi connectivity index (χ0n) is 17.1. The topological polar surface area (TPSA) is 174 Å². The van der Waals surface area contributed by atoms with Crippen molar-refractivity contribution in [3.8, 4) is 23.1 Å². The number of carbonyl (C=O) groups is 1. The second-order valence-electron chi connectivity index (χ2n) is 5.86. The molecule has 0 atom stereocenters. The van der Waals surface area contributed by atoms with Crippen LogP contribution in [0, 0.1) is 0 Å². The molecule has 3 N–H and O–H groups in total. The second-order valence-corrected chi connectivity index (χ2v) is 5.86. The van der Waals surface area contributed by atoms with E-state index in [0.717, 1.165) is 0 Å². The van der Waals surface area contributed by atoms with E-state index in [1.54, 1.807) is 12.1 Å². The maximum Gasteiger partial charge on any atom is 0.293 e. The lowest BCUT2D eigenvalue weighted by Gasteiger charge is -2.12. The molecule has 0 bridgehead atoms. The van der Waals surface area contributed by atoms with Crippen LogP contribution in [0.2, 0.25) is 0 Å². The smallest absolute Gasteiger partial charge is 0.293 e. The van der Waals surface area contributed by atoms with Crippen LogP contribution in [-0.2, 0) is 11.3 Å². The summed E-state index contributed by atoms with van der Waals surface area (Å²) in [7, 11) is 5.95. The molecule has 0 aliphatic carbocycles. The molecule has 14 nitrogen and oxygen atoms in total. The minimum absolute atomic E-state index is 0.00134. The number of hydrogen-bond donors (Lipinski definition) is 2. The average Bonchev–Trinajstić information content (AvgIpc) is 3.38. The van der Waals surface area contributed by atoms with E-state index in [1.807, 2.05) is 0 Å². The van der Waals surface area contributed by atoms with Gasteiger partial charge in [0.05, 0.1) is 34.2 Å². The van der Waals surface area contributed by atoms with Crippen molar-refractivity contribution < 1.29 is 28.4 Å². The third-order valence-electron chi connectivity index (χ3n) is 4.02. The molecular formula is C17H20N8O6. The second kappa shape index (κ2) is 9.53. The van der Waals surface area contributed by atoms with Gasteiger partial charge in [-0.05, 0) is 22.4 Å². The quantitative estimate of drug-likeness (QED) is 0.348. The van der Waals surface area contributed by atoms with Gasteiger partial charge >= 0.3 is 0 Å². The number of nitrogen functional groups attached to an aromatic ring is 1. The van der Waals surface area contributed by atoms with Crippen LogP contribution >= 0.6 is 0 Å². The van der Waals surface area contributed by atoms with Crippen LogP contribution in [0.4, 0.5) is 5.82 Å². The number of rotatable bonds is 9. The van der Waals surface area contributed by atoms with Crippen molar-refractivity contribution in [3.63, 3.8) is 0 Å². The summed E-state index contributed by atoms with van der Waals surface area (Å²) < 4.78 is 26.7. The summed E-state index contributed by atoms with van der Waals surface area (Å²) in [6, 6.07) is 3.34. The van der Waals surface area contributed by atoms with Crippen molar-refractivity contribution in [2.24, 2.45) is 5.10 Å². The van der Waals surface area contributed by atoms with Crippen molar-refractivity contribution >= 4 is 17.9 Å². The molecule has 0 unspecified atom stereocenters. The van der Waals surface area contributed by atoms with E-state index < -0.39 is 5.91 Å². The van der Waals surface area contributed by atoms with Gasteiger partial charge in [0.25, 0.3) is 5.91 Å². The molecule has 164 valence electrons. The van der Waals surface area contributed by atoms with Gasteiger partial charge in [-0.25, -0.2) is 10.1 Å². The lowest BCUT2D eigenvalue weighted by atomic mass is 10.2. The molecule has 3 rings (SSSR count). The number of methoxy groups -OCH3 is 4. The number of aromatic nitrogens is 5. The first-order valence-corrected chi connectivity index (χ1v) is 8.69. The average molecular weight is 432 g/mol. The number of nitrogens with one attached hydrogen (secondary N) is 1. The molecule has 0 aliphatic heterocycles. The van der Waals surface area contributed by atoms with Crippen LogP contribution < -0.4 is 25.4 Å². The maximum absolute atomic E-state index is 12.6. The first kappa shape index (κ1) is 21.5. The van der Waals surface area contributed by atoms with E-state index in [0.29, 0.717) is 22.8 Å². The minimum atomic E-state index is -0.628. The molecule has 0 radical (unpaired) electrons. The Balaban J connectivity index is 1.82. The Morgan fingerprint density at radius 2 is 1.90 bits per heavy atom. The van der Waals surface area contributed by atoms with Gasteiger partial charge in [0.1, 0.15) is 5.69 Å². The maximum atomic E-state index is 12.6. The summed E-state index contributed by atoms with van der Waals surface area (Å²) in [5.41, 5.74) is 8.91. The zero-order chi connectivity index (χ0) is 22.4. The third kappa shape index (κ3) is 4.37. The van der Waals surface area contributed by atoms with Crippen molar-refractivity contribution in [2.45, 2.75) is 6.61 Å². The van der Waals surface area contributed by atoms with E-state index in [1.165, 1.54) is 39.3 Å². The van der Waals surface area contributed by atoms with Gasteiger partial charge in [-0.3, -0.25) is 4.79 Å². The first-order valence-electron chi connectivity index (χ1n) is 8.69. The number of amides is 1. The van der Waals surface area contributed by atoms with Gasteiger partial charge in [-0.15, -0.1) is 5.10 Å². The van der Waals surface area contributed by atoms with Crippen LogP contribution in [0.15, 0.2) is 21.9 Å². The summed E-state index contributed by atoms with van der Waals surface area (Å²) in [4.78, 5) is 12.6. The highest BCUT2D eigenvalue weighted by molar-refractivity contribution is 5.94. The Morgan fingerprint density at radius 1 is 1.19 bits per heavy atom. The molecule has 0 saturated heterocycles. The lowest BCUT2D eigenvalue weighted by Crippen LogP contribution is -2.20. The fourth-order valence-electron chi connectivity index (χ4n) is 2.65. The summed E-state index contributed by atoms with van der Waals surface area (Å²) in [5.74, 6) is 0.761. The van der Waals surface area contributed by atoms with Crippen molar-refractivity contribution in [2.75, 3.05) is 34.2 Å². The number of benzene rings is 1. The van der Waals surface area contributed by atoms with Crippen LogP contribution in [0.1, 0.15) is 21.7 Å². The largest absolute Gasteiger partial charge is 0.493 e. The van der Waals surface area contributed by atoms with Gasteiger partial charge in [0.2, 0.25) is 17.4 Å². The fraction of sp³-hybridized carbons (Fsp3) is 0.294. The fourth-order valence-corrected chi connectivity index (χ4v) is 2.65. The number of ether oxygens (including phenoxy) is 4. The van der Waals surface area contributed by atoms with E-state index in [-0.39, 0.29) is 29.6 Å². The van der Waals surface area contributed by atoms with Crippen molar-refractivity contribution in [3.05, 3.63) is 29.1 Å². The van der Waals surface area contributed by atoms with E-state index in [2.05, 4.69) is 35.8 Å². The molecule has 0 aliphatic rings. The molecule has 0 fully saturated rings. The van der Waals surface area contributed by atoms with Crippen molar-refractivity contribution in [1.29, 1.82) is 0 Å². The van der Waals surface area contributed by atoms with Gasteiger partial charge < -0.3 is 24.7 Å². The number of carbonyl (C=O) groups excluding carboxylic acids is 1. The highest BCUT2D eigenvalue weighted by Gasteiger charge is 2.23. The monoisotopic (exact) mass is 432 g/mol. The number of nitrogens with zero attached hydrogens (tertiary/aromatic N) is 6. The summed E-state index contributed by atoms with van der Waals surface area (Å²) in [5, 5.41) is 18.8. The predicted octanol–water partition coefficient (Wildman–Crippen LogP) is 0.169. The van der Waals surface area contributed by atoms with Gasteiger partial charge in [0.15, 0.2) is 17.2 Å². The van der Waals surface area contributed by atoms with Crippen LogP contribution in [0.25, 0.3) is 5.82 Å². The number of hydrogen-bond acceptors (Lipinski definition) is 12. The normalized spacial score (nSPS) is 11.0. The van der Waals surface area contributed by atoms with Crippen molar-refractivity contribution in [1.82, 2.24) is 30.7 Å². The summed E-state index contributed by atoms with van der Waals surface area (Å²) in [6.07, 6.45) is 1.41. The Hall–Kier alpha value is -4.20. The number of anilines is 1. The number of nitrogens with two attached hydrogens (primary N) is 1. The molecule has 2 aromatic heterocycles. The van der Waals surface area contributed by atoms with Gasteiger partial charge in [-0.2, -0.15) is 9.78 Å².